The minimum absolute atomic E-state index is 0.0183. The van der Waals surface area contributed by atoms with Gasteiger partial charge in [0.15, 0.2) is 9.84 Å². The van der Waals surface area contributed by atoms with E-state index in [0.717, 1.165) is 25.7 Å². The topological polar surface area (TPSA) is 71.4 Å². The highest BCUT2D eigenvalue weighted by molar-refractivity contribution is 7.91. The minimum atomic E-state index is -3.38. The first-order valence-electron chi connectivity index (χ1n) is 6.55. The molecule has 0 saturated heterocycles. The van der Waals surface area contributed by atoms with Crippen molar-refractivity contribution in [2.75, 3.05) is 5.75 Å². The van der Waals surface area contributed by atoms with E-state index in [1.54, 1.807) is 0 Å². The Hall–Kier alpha value is -1.36. The van der Waals surface area contributed by atoms with Crippen LogP contribution in [0.2, 0.25) is 0 Å². The Kier molecular flexibility index (Phi) is 4.24. The van der Waals surface area contributed by atoms with Crippen LogP contribution >= 0.6 is 0 Å². The fourth-order valence-corrected chi connectivity index (χ4v) is 4.32. The van der Waals surface area contributed by atoms with Gasteiger partial charge in [-0.2, -0.15) is 0 Å². The third-order valence-corrected chi connectivity index (χ3v) is 5.50. The van der Waals surface area contributed by atoms with E-state index < -0.39 is 15.8 Å². The molecular formula is C14H18O4S. The highest BCUT2D eigenvalue weighted by Crippen LogP contribution is 2.27. The zero-order valence-corrected chi connectivity index (χ0v) is 11.5. The van der Waals surface area contributed by atoms with Gasteiger partial charge in [0, 0.05) is 0 Å². The quantitative estimate of drug-likeness (QED) is 0.921. The lowest BCUT2D eigenvalue weighted by molar-refractivity contribution is 0.0696. The summed E-state index contributed by atoms with van der Waals surface area (Å²) in [5, 5.41) is 8.90. The second-order valence-corrected chi connectivity index (χ2v) is 7.15. The lowest BCUT2D eigenvalue weighted by atomic mass is 9.91. The lowest BCUT2D eigenvalue weighted by Crippen LogP contribution is -2.19. The number of sulfone groups is 1. The number of carbonyl (C=O) groups is 1. The molecule has 0 radical (unpaired) electrons. The van der Waals surface area contributed by atoms with Crippen molar-refractivity contribution in [1.29, 1.82) is 0 Å². The second kappa shape index (κ2) is 5.74. The highest BCUT2D eigenvalue weighted by Gasteiger charge is 2.23. The summed E-state index contributed by atoms with van der Waals surface area (Å²) in [7, 11) is -3.38. The van der Waals surface area contributed by atoms with Crippen molar-refractivity contribution in [3.63, 3.8) is 0 Å². The average molecular weight is 282 g/mol. The van der Waals surface area contributed by atoms with Gasteiger partial charge in [-0.1, -0.05) is 25.3 Å². The standard InChI is InChI=1S/C14H18O4S/c15-14(16)12-7-4-8-13(9-12)19(17,18)10-11-5-2-1-3-6-11/h4,7-9,11H,1-3,5-6,10H2,(H,15,16). The molecule has 2 rings (SSSR count). The van der Waals surface area contributed by atoms with Crippen LogP contribution in [0.3, 0.4) is 0 Å². The van der Waals surface area contributed by atoms with Crippen molar-refractivity contribution in [1.82, 2.24) is 0 Å². The van der Waals surface area contributed by atoms with Crippen molar-refractivity contribution in [3.05, 3.63) is 29.8 Å². The number of rotatable bonds is 4. The smallest absolute Gasteiger partial charge is 0.335 e. The summed E-state index contributed by atoms with van der Waals surface area (Å²) < 4.78 is 24.6. The van der Waals surface area contributed by atoms with E-state index in [1.165, 1.54) is 30.7 Å². The predicted octanol–water partition coefficient (Wildman–Crippen LogP) is 2.74. The van der Waals surface area contributed by atoms with Crippen LogP contribution < -0.4 is 0 Å². The third kappa shape index (κ3) is 3.56. The molecule has 0 amide bonds. The van der Waals surface area contributed by atoms with E-state index in [4.69, 9.17) is 5.11 Å². The van der Waals surface area contributed by atoms with Crippen LogP contribution in [0.5, 0.6) is 0 Å². The molecule has 5 heteroatoms. The van der Waals surface area contributed by atoms with Gasteiger partial charge in [0.05, 0.1) is 16.2 Å². The molecule has 1 saturated carbocycles. The number of hydrogen-bond acceptors (Lipinski definition) is 3. The molecule has 1 aliphatic carbocycles. The van der Waals surface area contributed by atoms with Crippen LogP contribution in [-0.2, 0) is 9.84 Å². The fraction of sp³-hybridized carbons (Fsp3) is 0.500. The van der Waals surface area contributed by atoms with Gasteiger partial charge < -0.3 is 5.11 Å². The van der Waals surface area contributed by atoms with Gasteiger partial charge >= 0.3 is 5.97 Å². The average Bonchev–Trinajstić information content (AvgIpc) is 2.39. The lowest BCUT2D eigenvalue weighted by Gasteiger charge is -2.21. The fourth-order valence-electron chi connectivity index (χ4n) is 2.58. The molecule has 1 fully saturated rings. The van der Waals surface area contributed by atoms with E-state index in [-0.39, 0.29) is 22.1 Å². The molecule has 1 aromatic carbocycles. The normalized spacial score (nSPS) is 17.3. The van der Waals surface area contributed by atoms with Gasteiger partial charge in [-0.25, -0.2) is 13.2 Å². The molecule has 0 bridgehead atoms. The van der Waals surface area contributed by atoms with E-state index in [1.807, 2.05) is 0 Å². The molecule has 0 unspecified atom stereocenters. The zero-order valence-electron chi connectivity index (χ0n) is 10.7. The van der Waals surface area contributed by atoms with E-state index in [2.05, 4.69) is 0 Å². The summed E-state index contributed by atoms with van der Waals surface area (Å²) >= 11 is 0. The van der Waals surface area contributed by atoms with Crippen molar-refractivity contribution in [3.8, 4) is 0 Å². The monoisotopic (exact) mass is 282 g/mol. The first kappa shape index (κ1) is 14.1. The Morgan fingerprint density at radius 3 is 2.53 bits per heavy atom. The number of hydrogen-bond donors (Lipinski definition) is 1. The first-order valence-corrected chi connectivity index (χ1v) is 8.20. The van der Waals surface area contributed by atoms with Crippen LogP contribution in [0.25, 0.3) is 0 Å². The number of carboxylic acids is 1. The molecule has 0 heterocycles. The Morgan fingerprint density at radius 2 is 1.89 bits per heavy atom. The zero-order chi connectivity index (χ0) is 13.9. The van der Waals surface area contributed by atoms with Crippen molar-refractivity contribution < 1.29 is 18.3 Å². The van der Waals surface area contributed by atoms with Gasteiger partial charge in [0.2, 0.25) is 0 Å². The largest absolute Gasteiger partial charge is 0.478 e. The van der Waals surface area contributed by atoms with Crippen LogP contribution in [0.1, 0.15) is 42.5 Å². The molecule has 1 N–H and O–H groups in total. The SMILES string of the molecule is O=C(O)c1cccc(S(=O)(=O)CC2CCCCC2)c1. The van der Waals surface area contributed by atoms with E-state index in [9.17, 15) is 13.2 Å². The maximum Gasteiger partial charge on any atom is 0.335 e. The van der Waals surface area contributed by atoms with Crippen LogP contribution in [-0.4, -0.2) is 25.2 Å². The molecule has 104 valence electrons. The molecule has 1 aromatic rings. The van der Waals surface area contributed by atoms with Crippen LogP contribution in [0.15, 0.2) is 29.2 Å². The minimum Gasteiger partial charge on any atom is -0.478 e. The van der Waals surface area contributed by atoms with Crippen LogP contribution in [0.4, 0.5) is 0 Å². The predicted molar refractivity (Wildman–Crippen MR) is 72.0 cm³/mol. The van der Waals surface area contributed by atoms with Gasteiger partial charge in [0.1, 0.15) is 0 Å². The number of carboxylic acid groups (broad SMARTS) is 1. The summed E-state index contributed by atoms with van der Waals surface area (Å²) in [6.45, 7) is 0. The van der Waals surface area contributed by atoms with Crippen LogP contribution in [0, 0.1) is 5.92 Å². The summed E-state index contributed by atoms with van der Waals surface area (Å²) in [6, 6.07) is 5.62. The summed E-state index contributed by atoms with van der Waals surface area (Å²) in [5.74, 6) is -0.752. The summed E-state index contributed by atoms with van der Waals surface area (Å²) in [4.78, 5) is 11.0. The molecule has 0 spiro atoms. The third-order valence-electron chi connectivity index (χ3n) is 3.62. The van der Waals surface area contributed by atoms with Crippen molar-refractivity contribution >= 4 is 15.8 Å². The van der Waals surface area contributed by atoms with Crippen molar-refractivity contribution in [2.24, 2.45) is 5.92 Å². The van der Waals surface area contributed by atoms with E-state index >= 15 is 0 Å². The molecular weight excluding hydrogens is 264 g/mol. The van der Waals surface area contributed by atoms with Gasteiger partial charge in [-0.3, -0.25) is 0 Å². The van der Waals surface area contributed by atoms with Crippen molar-refractivity contribution in [2.45, 2.75) is 37.0 Å². The first-order chi connectivity index (χ1) is 8.99. The Morgan fingerprint density at radius 1 is 1.21 bits per heavy atom. The molecule has 19 heavy (non-hydrogen) atoms. The number of aromatic carboxylic acids is 1. The molecule has 4 nitrogen and oxygen atoms in total. The highest BCUT2D eigenvalue weighted by atomic mass is 32.2. The molecule has 0 atom stereocenters. The van der Waals surface area contributed by atoms with Gasteiger partial charge in [0.25, 0.3) is 0 Å². The summed E-state index contributed by atoms with van der Waals surface area (Å²) in [6.07, 6.45) is 5.28. The Labute approximate surface area is 113 Å². The maximum atomic E-state index is 12.3. The van der Waals surface area contributed by atoms with Gasteiger partial charge in [-0.05, 0) is 37.0 Å². The van der Waals surface area contributed by atoms with Gasteiger partial charge in [-0.15, -0.1) is 0 Å². The summed E-state index contributed by atoms with van der Waals surface area (Å²) in [5.41, 5.74) is 0.0183. The molecule has 0 aliphatic heterocycles. The Bertz CT molecular complexity index is 557. The molecule has 1 aliphatic rings. The maximum absolute atomic E-state index is 12.3. The van der Waals surface area contributed by atoms with E-state index in [0.29, 0.717) is 0 Å². The molecule has 0 aromatic heterocycles. The number of benzene rings is 1. The second-order valence-electron chi connectivity index (χ2n) is 5.12. The Balaban J connectivity index is 2.18.